The van der Waals surface area contributed by atoms with Crippen LogP contribution in [-0.4, -0.2) is 18.5 Å². The van der Waals surface area contributed by atoms with Gasteiger partial charge in [0.2, 0.25) is 5.91 Å². The maximum atomic E-state index is 12.5. The summed E-state index contributed by atoms with van der Waals surface area (Å²) in [7, 11) is 0. The predicted octanol–water partition coefficient (Wildman–Crippen LogP) is 2.91. The van der Waals surface area contributed by atoms with Crippen LogP contribution in [0.2, 0.25) is 5.02 Å². The molecule has 3 rings (SSSR count). The highest BCUT2D eigenvalue weighted by Gasteiger charge is 2.42. The van der Waals surface area contributed by atoms with Gasteiger partial charge in [-0.3, -0.25) is 4.79 Å². The Labute approximate surface area is 125 Å². The Morgan fingerprint density at radius 1 is 1.45 bits per heavy atom. The Bertz CT molecular complexity index is 505. The van der Waals surface area contributed by atoms with E-state index in [1.165, 1.54) is 19.3 Å². The first kappa shape index (κ1) is 13.9. The third-order valence-corrected chi connectivity index (χ3v) is 4.97. The molecule has 4 atom stereocenters. The van der Waals surface area contributed by atoms with Gasteiger partial charge >= 0.3 is 0 Å². The zero-order valence-electron chi connectivity index (χ0n) is 11.7. The van der Waals surface area contributed by atoms with Crippen LogP contribution in [0, 0.1) is 11.8 Å². The summed E-state index contributed by atoms with van der Waals surface area (Å²) in [5, 5.41) is 7.21. The Balaban J connectivity index is 1.64. The van der Waals surface area contributed by atoms with Gasteiger partial charge in [-0.15, -0.1) is 0 Å². The van der Waals surface area contributed by atoms with Gasteiger partial charge in [0.1, 0.15) is 0 Å². The second-order valence-corrected chi connectivity index (χ2v) is 6.46. The van der Waals surface area contributed by atoms with Crippen molar-refractivity contribution < 1.29 is 4.79 Å². The molecule has 2 aliphatic rings. The third kappa shape index (κ3) is 2.70. The van der Waals surface area contributed by atoms with Crippen LogP contribution in [0.15, 0.2) is 24.3 Å². The van der Waals surface area contributed by atoms with Crippen molar-refractivity contribution in [3.63, 3.8) is 0 Å². The van der Waals surface area contributed by atoms with Crippen molar-refractivity contribution >= 4 is 17.5 Å². The summed E-state index contributed by atoms with van der Waals surface area (Å²) in [6.07, 6.45) is 3.72. The Morgan fingerprint density at radius 2 is 2.30 bits per heavy atom. The lowest BCUT2D eigenvalue weighted by Crippen LogP contribution is -2.44. The highest BCUT2D eigenvalue weighted by Crippen LogP contribution is 2.37. The van der Waals surface area contributed by atoms with E-state index in [-0.39, 0.29) is 18.0 Å². The molecule has 4 heteroatoms. The number of hydrogen-bond acceptors (Lipinski definition) is 2. The van der Waals surface area contributed by atoms with E-state index in [2.05, 4.69) is 10.6 Å². The van der Waals surface area contributed by atoms with E-state index >= 15 is 0 Å². The first-order valence-electron chi connectivity index (χ1n) is 7.44. The van der Waals surface area contributed by atoms with Gasteiger partial charge in [0, 0.05) is 5.02 Å². The van der Waals surface area contributed by atoms with Crippen molar-refractivity contribution in [2.24, 2.45) is 11.8 Å². The molecule has 20 heavy (non-hydrogen) atoms. The number of nitrogens with one attached hydrogen (secondary N) is 2. The van der Waals surface area contributed by atoms with Crippen molar-refractivity contribution in [1.29, 1.82) is 0 Å². The standard InChI is InChI=1S/C16H21ClN2O/c1-10(11-4-2-6-13(17)8-11)19-16(20)15-14-7-3-5-12(14)9-18-15/h2,4,6,8,10,12,14-15,18H,3,5,7,9H2,1H3,(H,19,20)/t10-,12?,14?,15?/m0/s1. The topological polar surface area (TPSA) is 41.1 Å². The van der Waals surface area contributed by atoms with Crippen LogP contribution >= 0.6 is 11.6 Å². The van der Waals surface area contributed by atoms with E-state index in [1.807, 2.05) is 31.2 Å². The average molecular weight is 293 g/mol. The summed E-state index contributed by atoms with van der Waals surface area (Å²) < 4.78 is 0. The van der Waals surface area contributed by atoms with Gasteiger partial charge in [-0.2, -0.15) is 0 Å². The maximum Gasteiger partial charge on any atom is 0.237 e. The number of carbonyl (C=O) groups excluding carboxylic acids is 1. The van der Waals surface area contributed by atoms with Crippen molar-refractivity contribution in [3.05, 3.63) is 34.9 Å². The smallest absolute Gasteiger partial charge is 0.237 e. The molecule has 0 radical (unpaired) electrons. The molecule has 2 N–H and O–H groups in total. The van der Waals surface area contributed by atoms with Crippen molar-refractivity contribution in [2.45, 2.75) is 38.3 Å². The molecule has 0 spiro atoms. The third-order valence-electron chi connectivity index (χ3n) is 4.74. The molecule has 108 valence electrons. The van der Waals surface area contributed by atoms with Gasteiger partial charge < -0.3 is 10.6 Å². The van der Waals surface area contributed by atoms with E-state index < -0.39 is 0 Å². The number of halogens is 1. The Morgan fingerprint density at radius 3 is 3.10 bits per heavy atom. The van der Waals surface area contributed by atoms with Crippen LogP contribution in [-0.2, 0) is 4.79 Å². The second kappa shape index (κ2) is 5.74. The summed E-state index contributed by atoms with van der Waals surface area (Å²) in [5.74, 6) is 1.36. The molecule has 1 aliphatic carbocycles. The molecular formula is C16H21ClN2O. The van der Waals surface area contributed by atoms with Crippen molar-refractivity contribution in [2.75, 3.05) is 6.54 Å². The Hall–Kier alpha value is -1.06. The molecule has 1 aromatic carbocycles. The molecule has 0 aromatic heterocycles. The number of carbonyl (C=O) groups is 1. The van der Waals surface area contributed by atoms with Crippen LogP contribution in [0.25, 0.3) is 0 Å². The maximum absolute atomic E-state index is 12.5. The van der Waals surface area contributed by atoms with Gasteiger partial charge in [0.05, 0.1) is 12.1 Å². The van der Waals surface area contributed by atoms with Crippen molar-refractivity contribution in [3.8, 4) is 0 Å². The fourth-order valence-corrected chi connectivity index (χ4v) is 3.84. The van der Waals surface area contributed by atoms with Crippen LogP contribution < -0.4 is 10.6 Å². The van der Waals surface area contributed by atoms with E-state index in [4.69, 9.17) is 11.6 Å². The summed E-state index contributed by atoms with van der Waals surface area (Å²) in [5.41, 5.74) is 1.05. The number of fused-ring (bicyclic) bond motifs is 1. The minimum absolute atomic E-state index is 0.0101. The highest BCUT2D eigenvalue weighted by atomic mass is 35.5. The SMILES string of the molecule is C[C@H](NC(=O)C1NCC2CCCC21)c1cccc(Cl)c1. The summed E-state index contributed by atoms with van der Waals surface area (Å²) in [6, 6.07) is 7.65. The average Bonchev–Trinajstić information content (AvgIpc) is 3.00. The van der Waals surface area contributed by atoms with Gasteiger partial charge in [-0.05, 0) is 55.8 Å². The number of rotatable bonds is 3. The number of amides is 1. The molecule has 1 heterocycles. The van der Waals surface area contributed by atoms with E-state index in [1.54, 1.807) is 0 Å². The molecular weight excluding hydrogens is 272 g/mol. The predicted molar refractivity (Wildman–Crippen MR) is 80.6 cm³/mol. The van der Waals surface area contributed by atoms with Crippen molar-refractivity contribution in [1.82, 2.24) is 10.6 Å². The van der Waals surface area contributed by atoms with Crippen LogP contribution in [0.3, 0.4) is 0 Å². The van der Waals surface area contributed by atoms with E-state index in [0.717, 1.165) is 12.1 Å². The van der Waals surface area contributed by atoms with Crippen LogP contribution in [0.4, 0.5) is 0 Å². The fourth-order valence-electron chi connectivity index (χ4n) is 3.64. The summed E-state index contributed by atoms with van der Waals surface area (Å²) >= 11 is 6.00. The minimum atomic E-state index is -0.0107. The number of benzene rings is 1. The second-order valence-electron chi connectivity index (χ2n) is 6.03. The lowest BCUT2D eigenvalue weighted by Gasteiger charge is -2.21. The monoisotopic (exact) mass is 292 g/mol. The van der Waals surface area contributed by atoms with Gasteiger partial charge in [-0.1, -0.05) is 30.2 Å². The fraction of sp³-hybridized carbons (Fsp3) is 0.562. The molecule has 1 saturated carbocycles. The molecule has 3 unspecified atom stereocenters. The molecule has 1 amide bonds. The zero-order chi connectivity index (χ0) is 14.1. The molecule has 0 bridgehead atoms. The Kier molecular flexibility index (Phi) is 3.99. The van der Waals surface area contributed by atoms with Gasteiger partial charge in [0.15, 0.2) is 0 Å². The summed E-state index contributed by atoms with van der Waals surface area (Å²) in [6.45, 7) is 3.00. The minimum Gasteiger partial charge on any atom is -0.348 e. The molecule has 2 fully saturated rings. The molecule has 1 aromatic rings. The lowest BCUT2D eigenvalue weighted by molar-refractivity contribution is -0.124. The first-order valence-corrected chi connectivity index (χ1v) is 7.82. The normalized spacial score (nSPS) is 30.0. The molecule has 1 aliphatic heterocycles. The zero-order valence-corrected chi connectivity index (χ0v) is 12.5. The molecule has 3 nitrogen and oxygen atoms in total. The quantitative estimate of drug-likeness (QED) is 0.899. The van der Waals surface area contributed by atoms with E-state index in [0.29, 0.717) is 16.9 Å². The molecule has 1 saturated heterocycles. The number of hydrogen-bond donors (Lipinski definition) is 2. The summed E-state index contributed by atoms with van der Waals surface area (Å²) in [4.78, 5) is 12.5. The first-order chi connectivity index (χ1) is 9.65. The van der Waals surface area contributed by atoms with Gasteiger partial charge in [0.25, 0.3) is 0 Å². The lowest BCUT2D eigenvalue weighted by atomic mass is 9.93. The van der Waals surface area contributed by atoms with Crippen LogP contribution in [0.1, 0.15) is 37.8 Å². The van der Waals surface area contributed by atoms with E-state index in [9.17, 15) is 4.79 Å². The van der Waals surface area contributed by atoms with Gasteiger partial charge in [-0.25, -0.2) is 0 Å². The largest absolute Gasteiger partial charge is 0.348 e. The highest BCUT2D eigenvalue weighted by molar-refractivity contribution is 6.30. The van der Waals surface area contributed by atoms with Crippen LogP contribution in [0.5, 0.6) is 0 Å².